The Morgan fingerprint density at radius 3 is 2.50 bits per heavy atom. The van der Waals surface area contributed by atoms with E-state index in [0.717, 1.165) is 50.4 Å². The average molecular weight is 656 g/mol. The highest BCUT2D eigenvalue weighted by Gasteiger charge is 2.47. The summed E-state index contributed by atoms with van der Waals surface area (Å²) in [5.41, 5.74) is 5.71. The normalized spacial score (nSPS) is 20.9. The maximum absolute atomic E-state index is 13.0. The molecule has 9 nitrogen and oxygen atoms in total. The first kappa shape index (κ1) is 30.8. The van der Waals surface area contributed by atoms with E-state index in [9.17, 15) is 13.7 Å². The van der Waals surface area contributed by atoms with Gasteiger partial charge in [-0.3, -0.25) is 4.72 Å². The van der Waals surface area contributed by atoms with E-state index < -0.39 is 10.0 Å². The molecule has 1 aliphatic heterocycles. The Morgan fingerprint density at radius 1 is 1.07 bits per heavy atom. The fourth-order valence-corrected chi connectivity index (χ4v) is 9.27. The van der Waals surface area contributed by atoms with E-state index in [1.165, 1.54) is 53.6 Å². The van der Waals surface area contributed by atoms with Crippen LogP contribution in [0.4, 0.5) is 5.13 Å². The van der Waals surface area contributed by atoms with Crippen LogP contribution in [-0.2, 0) is 20.2 Å². The quantitative estimate of drug-likeness (QED) is 0.172. The van der Waals surface area contributed by atoms with E-state index in [1.54, 1.807) is 6.07 Å². The second kappa shape index (κ2) is 13.1. The molecule has 1 fully saturated rings. The first-order valence-corrected chi connectivity index (χ1v) is 18.2. The summed E-state index contributed by atoms with van der Waals surface area (Å²) in [6, 6.07) is 24.3. The number of fused-ring (bicyclic) bond motifs is 1. The Morgan fingerprint density at radius 2 is 1.80 bits per heavy atom. The van der Waals surface area contributed by atoms with Crippen molar-refractivity contribution in [2.75, 3.05) is 37.6 Å². The highest BCUT2D eigenvalue weighted by atomic mass is 32.2. The summed E-state index contributed by atoms with van der Waals surface area (Å²) in [6.07, 6.45) is 7.18. The van der Waals surface area contributed by atoms with E-state index in [-0.39, 0.29) is 27.1 Å². The van der Waals surface area contributed by atoms with Crippen LogP contribution in [0.2, 0.25) is 0 Å². The molecule has 8 rings (SSSR count). The minimum Gasteiger partial charge on any atom is -0.487 e. The molecule has 0 radical (unpaired) electrons. The number of sulfonamides is 1. The molecule has 2 heterocycles. The van der Waals surface area contributed by atoms with Gasteiger partial charge in [-0.25, -0.2) is 13.4 Å². The molecule has 0 spiro atoms. The van der Waals surface area contributed by atoms with Gasteiger partial charge < -0.3 is 14.4 Å². The van der Waals surface area contributed by atoms with Crippen molar-refractivity contribution < 1.29 is 17.9 Å². The molecule has 46 heavy (non-hydrogen) atoms. The van der Waals surface area contributed by atoms with E-state index in [1.807, 2.05) is 0 Å². The van der Waals surface area contributed by atoms with Crippen LogP contribution in [0.3, 0.4) is 0 Å². The lowest BCUT2D eigenvalue weighted by Crippen LogP contribution is -2.41. The zero-order valence-corrected chi connectivity index (χ0v) is 27.2. The maximum atomic E-state index is 13.0. The first-order valence-electron chi connectivity index (χ1n) is 16.0. The molecule has 2 bridgehead atoms. The average Bonchev–Trinajstić information content (AvgIpc) is 3.80. The Labute approximate surface area is 274 Å². The van der Waals surface area contributed by atoms with Crippen LogP contribution in [0, 0.1) is 11.3 Å². The lowest BCUT2D eigenvalue weighted by molar-refractivity contribution is 0.0339. The Balaban J connectivity index is 1.13. The highest BCUT2D eigenvalue weighted by molar-refractivity contribution is 7.93. The summed E-state index contributed by atoms with van der Waals surface area (Å²) in [5, 5.41) is 10.2. The molecule has 3 aromatic carbocycles. The van der Waals surface area contributed by atoms with Crippen molar-refractivity contribution >= 4 is 26.7 Å². The molecule has 4 aliphatic rings. The molecule has 4 aromatic rings. The second-order valence-corrected chi connectivity index (χ2v) is 14.8. The highest BCUT2D eigenvalue weighted by Crippen LogP contribution is 2.58. The largest absolute Gasteiger partial charge is 0.487 e. The van der Waals surface area contributed by atoms with Gasteiger partial charge in [0.2, 0.25) is 5.13 Å². The molecular formula is C35H37N5O4S2. The summed E-state index contributed by atoms with van der Waals surface area (Å²) in [5.74, 6) is 0.778. The summed E-state index contributed by atoms with van der Waals surface area (Å²) >= 11 is 0.938. The van der Waals surface area contributed by atoms with Gasteiger partial charge in [0.1, 0.15) is 24.3 Å². The molecule has 1 unspecified atom stereocenters. The number of aromatic nitrogens is 2. The SMILES string of the molecule is N#Cc1cc(S(=O)(=O)Nc2ncns2)ccc1OC(CCC12CCC(c3ccccc31)c1ccccc12)COCCN1CCCC1. The fraction of sp³-hybridized carbons (Fsp3) is 0.400. The number of likely N-dealkylation sites (tertiary alicyclic amines) is 1. The Kier molecular flexibility index (Phi) is 8.79. The van der Waals surface area contributed by atoms with Crippen LogP contribution >= 0.6 is 11.5 Å². The van der Waals surface area contributed by atoms with E-state index in [2.05, 4.69) is 73.6 Å². The molecule has 1 saturated heterocycles. The minimum absolute atomic E-state index is 0.0453. The number of anilines is 1. The van der Waals surface area contributed by atoms with Crippen LogP contribution in [0.1, 0.15) is 72.3 Å². The van der Waals surface area contributed by atoms with Gasteiger partial charge in [-0.2, -0.15) is 9.64 Å². The van der Waals surface area contributed by atoms with Crippen LogP contribution in [0.5, 0.6) is 5.75 Å². The first-order chi connectivity index (χ1) is 22.5. The predicted octanol–water partition coefficient (Wildman–Crippen LogP) is 6.08. The second-order valence-electron chi connectivity index (χ2n) is 12.4. The lowest BCUT2D eigenvalue weighted by Gasteiger charge is -2.50. The predicted molar refractivity (Wildman–Crippen MR) is 177 cm³/mol. The van der Waals surface area contributed by atoms with Gasteiger partial charge in [-0.15, -0.1) is 0 Å². The lowest BCUT2D eigenvalue weighted by atomic mass is 9.54. The van der Waals surface area contributed by atoms with Crippen molar-refractivity contribution in [1.82, 2.24) is 14.3 Å². The van der Waals surface area contributed by atoms with Gasteiger partial charge >= 0.3 is 0 Å². The van der Waals surface area contributed by atoms with Crippen molar-refractivity contribution in [1.29, 1.82) is 5.26 Å². The summed E-state index contributed by atoms with van der Waals surface area (Å²) in [4.78, 5) is 6.28. The molecule has 11 heteroatoms. The van der Waals surface area contributed by atoms with Crippen LogP contribution in [-0.4, -0.2) is 61.6 Å². The van der Waals surface area contributed by atoms with Crippen molar-refractivity contribution in [3.8, 4) is 11.8 Å². The monoisotopic (exact) mass is 655 g/mol. The van der Waals surface area contributed by atoms with Crippen molar-refractivity contribution in [2.45, 2.75) is 60.9 Å². The molecule has 0 saturated carbocycles. The Hall–Kier alpha value is -3.82. The van der Waals surface area contributed by atoms with Gasteiger partial charge in [0.25, 0.3) is 10.0 Å². The van der Waals surface area contributed by atoms with Crippen molar-refractivity contribution in [3.63, 3.8) is 0 Å². The van der Waals surface area contributed by atoms with Gasteiger partial charge in [-0.1, -0.05) is 48.5 Å². The number of nitrogens with zero attached hydrogens (tertiary/aromatic N) is 4. The summed E-state index contributed by atoms with van der Waals surface area (Å²) < 4.78 is 45.0. The van der Waals surface area contributed by atoms with E-state index in [0.29, 0.717) is 31.3 Å². The van der Waals surface area contributed by atoms with Crippen LogP contribution in [0.15, 0.2) is 78.0 Å². The van der Waals surface area contributed by atoms with Crippen LogP contribution in [0.25, 0.3) is 0 Å². The Bertz CT molecular complexity index is 1790. The van der Waals surface area contributed by atoms with Gasteiger partial charge in [0.05, 0.1) is 23.7 Å². The van der Waals surface area contributed by atoms with Gasteiger partial charge in [0.15, 0.2) is 0 Å². The molecule has 238 valence electrons. The fourth-order valence-electron chi connectivity index (χ4n) is 7.59. The van der Waals surface area contributed by atoms with E-state index in [4.69, 9.17) is 9.47 Å². The third-order valence-electron chi connectivity index (χ3n) is 9.77. The third-order valence-corrected chi connectivity index (χ3v) is 11.8. The summed E-state index contributed by atoms with van der Waals surface area (Å²) in [7, 11) is -3.95. The maximum Gasteiger partial charge on any atom is 0.263 e. The number of benzene rings is 3. The molecule has 3 aliphatic carbocycles. The number of hydrogen-bond donors (Lipinski definition) is 1. The number of nitriles is 1. The van der Waals surface area contributed by atoms with Crippen LogP contribution < -0.4 is 9.46 Å². The zero-order chi connectivity index (χ0) is 31.6. The topological polar surface area (TPSA) is 117 Å². The molecule has 0 amide bonds. The van der Waals surface area contributed by atoms with Crippen molar-refractivity contribution in [2.24, 2.45) is 0 Å². The molecule has 1 N–H and O–H groups in total. The number of hydrogen-bond acceptors (Lipinski definition) is 9. The molecule has 1 aromatic heterocycles. The van der Waals surface area contributed by atoms with Crippen molar-refractivity contribution in [3.05, 3.63) is 101 Å². The number of ether oxygens (including phenoxy) is 2. The smallest absolute Gasteiger partial charge is 0.263 e. The number of nitrogens with one attached hydrogen (secondary N) is 1. The van der Waals surface area contributed by atoms with E-state index >= 15 is 0 Å². The van der Waals surface area contributed by atoms with Gasteiger partial charge in [0, 0.05) is 29.4 Å². The standard InChI is InChI=1S/C35H37N5O4S2/c36-22-25-21-27(46(41,42)39-34-37-24-38-45-34)11-12-33(25)44-26(23-43-20-19-40-17-5-6-18-40)13-15-35-16-14-28(29-7-1-3-9-31(29)35)30-8-2-4-10-32(30)35/h1-4,7-12,21,24,26,28H,5-6,13-20,23H2,(H,37,38,39). The third kappa shape index (κ3) is 6.02. The number of rotatable bonds is 13. The zero-order valence-electron chi connectivity index (χ0n) is 25.6. The summed E-state index contributed by atoms with van der Waals surface area (Å²) in [6.45, 7) is 4.09. The molecular weight excluding hydrogens is 619 g/mol. The van der Waals surface area contributed by atoms with Gasteiger partial charge in [-0.05, 0) is 92.1 Å². The molecule has 1 atom stereocenters. The minimum atomic E-state index is -3.95.